The van der Waals surface area contributed by atoms with Gasteiger partial charge in [0, 0.05) is 11.6 Å². The van der Waals surface area contributed by atoms with Crippen molar-refractivity contribution in [3.63, 3.8) is 0 Å². The lowest BCUT2D eigenvalue weighted by molar-refractivity contribution is -0.123. The van der Waals surface area contributed by atoms with Crippen LogP contribution in [0.4, 0.5) is 0 Å². The molecule has 0 saturated heterocycles. The molecule has 0 saturated carbocycles. The van der Waals surface area contributed by atoms with Crippen LogP contribution >= 0.6 is 22.9 Å². The van der Waals surface area contributed by atoms with Crippen LogP contribution in [0.3, 0.4) is 0 Å². The SMILES string of the molecule is O=C(NCc1ccc(Cl)cc1)[C@H](NS(=O)(=O)c1cccs1)c1ccccc1. The van der Waals surface area contributed by atoms with Crippen molar-refractivity contribution in [1.82, 2.24) is 10.0 Å². The first kappa shape index (κ1) is 19.6. The number of thiophene rings is 1. The molecule has 8 heteroatoms. The van der Waals surface area contributed by atoms with Crippen LogP contribution in [0.1, 0.15) is 17.2 Å². The molecule has 3 aromatic rings. The van der Waals surface area contributed by atoms with E-state index in [1.165, 1.54) is 6.07 Å². The Morgan fingerprint density at radius 3 is 2.33 bits per heavy atom. The number of nitrogens with one attached hydrogen (secondary N) is 2. The number of carbonyl (C=O) groups excluding carboxylic acids is 1. The maximum absolute atomic E-state index is 12.8. The van der Waals surface area contributed by atoms with Crippen molar-refractivity contribution in [3.8, 4) is 0 Å². The summed E-state index contributed by atoms with van der Waals surface area (Å²) >= 11 is 6.96. The molecule has 1 amide bonds. The van der Waals surface area contributed by atoms with Crippen LogP contribution in [-0.4, -0.2) is 14.3 Å². The molecule has 0 aliphatic carbocycles. The largest absolute Gasteiger partial charge is 0.350 e. The lowest BCUT2D eigenvalue weighted by atomic mass is 10.1. The van der Waals surface area contributed by atoms with E-state index in [1.807, 2.05) is 0 Å². The van der Waals surface area contributed by atoms with Crippen molar-refractivity contribution in [2.75, 3.05) is 0 Å². The molecule has 27 heavy (non-hydrogen) atoms. The highest BCUT2D eigenvalue weighted by atomic mass is 35.5. The summed E-state index contributed by atoms with van der Waals surface area (Å²) in [5.41, 5.74) is 1.42. The van der Waals surface area contributed by atoms with Crippen LogP contribution in [0.25, 0.3) is 0 Å². The number of sulfonamides is 1. The molecule has 2 aromatic carbocycles. The van der Waals surface area contributed by atoms with E-state index < -0.39 is 22.0 Å². The van der Waals surface area contributed by atoms with Gasteiger partial charge in [-0.15, -0.1) is 11.3 Å². The van der Waals surface area contributed by atoms with Gasteiger partial charge in [0.2, 0.25) is 5.91 Å². The van der Waals surface area contributed by atoms with Gasteiger partial charge in [-0.1, -0.05) is 60.1 Å². The Morgan fingerprint density at radius 1 is 1.00 bits per heavy atom. The monoisotopic (exact) mass is 420 g/mol. The van der Waals surface area contributed by atoms with Crippen molar-refractivity contribution >= 4 is 38.9 Å². The lowest BCUT2D eigenvalue weighted by Crippen LogP contribution is -2.39. The lowest BCUT2D eigenvalue weighted by Gasteiger charge is -2.18. The van der Waals surface area contributed by atoms with Gasteiger partial charge in [-0.05, 0) is 34.7 Å². The fraction of sp³-hybridized carbons (Fsp3) is 0.105. The van der Waals surface area contributed by atoms with Gasteiger partial charge in [0.25, 0.3) is 10.0 Å². The quantitative estimate of drug-likeness (QED) is 0.611. The molecule has 0 unspecified atom stereocenters. The summed E-state index contributed by atoms with van der Waals surface area (Å²) in [6.45, 7) is 0.264. The minimum Gasteiger partial charge on any atom is -0.350 e. The minimum absolute atomic E-state index is 0.161. The average Bonchev–Trinajstić information content (AvgIpc) is 3.22. The summed E-state index contributed by atoms with van der Waals surface area (Å²) in [6, 6.07) is 17.9. The molecule has 0 fully saturated rings. The highest BCUT2D eigenvalue weighted by molar-refractivity contribution is 7.91. The van der Waals surface area contributed by atoms with E-state index in [0.717, 1.165) is 16.9 Å². The third-order valence-electron chi connectivity index (χ3n) is 3.81. The van der Waals surface area contributed by atoms with E-state index in [0.29, 0.717) is 10.6 Å². The third-order valence-corrected chi connectivity index (χ3v) is 6.88. The fourth-order valence-electron chi connectivity index (χ4n) is 2.44. The number of hydrogen-bond acceptors (Lipinski definition) is 4. The van der Waals surface area contributed by atoms with Crippen molar-refractivity contribution in [2.45, 2.75) is 16.8 Å². The van der Waals surface area contributed by atoms with E-state index in [9.17, 15) is 13.2 Å². The zero-order chi connectivity index (χ0) is 19.3. The number of benzene rings is 2. The zero-order valence-electron chi connectivity index (χ0n) is 14.1. The molecule has 1 heterocycles. The Balaban J connectivity index is 1.79. The van der Waals surface area contributed by atoms with Gasteiger partial charge >= 0.3 is 0 Å². The van der Waals surface area contributed by atoms with E-state index in [4.69, 9.17) is 11.6 Å². The second-order valence-corrected chi connectivity index (χ2v) is 9.07. The standard InChI is InChI=1S/C19H17ClN2O3S2/c20-16-10-8-14(9-11-16)13-21-19(23)18(15-5-2-1-3-6-15)22-27(24,25)17-7-4-12-26-17/h1-12,18,22H,13H2,(H,21,23)/t18-/m1/s1. The first-order chi connectivity index (χ1) is 13.0. The highest BCUT2D eigenvalue weighted by Crippen LogP contribution is 2.21. The van der Waals surface area contributed by atoms with E-state index in [2.05, 4.69) is 10.0 Å². The molecule has 1 atom stereocenters. The first-order valence-electron chi connectivity index (χ1n) is 8.09. The molecule has 0 spiro atoms. The average molecular weight is 421 g/mol. The Morgan fingerprint density at radius 2 is 1.70 bits per heavy atom. The van der Waals surface area contributed by atoms with Crippen molar-refractivity contribution in [1.29, 1.82) is 0 Å². The smallest absolute Gasteiger partial charge is 0.251 e. The Labute approximate surface area is 167 Å². The molecular formula is C19H17ClN2O3S2. The van der Waals surface area contributed by atoms with Gasteiger partial charge in [0.05, 0.1) is 0 Å². The zero-order valence-corrected chi connectivity index (χ0v) is 16.5. The molecule has 0 bridgehead atoms. The number of hydrogen-bond donors (Lipinski definition) is 2. The summed E-state index contributed by atoms with van der Waals surface area (Å²) in [7, 11) is -3.81. The number of halogens is 1. The van der Waals surface area contributed by atoms with Crippen LogP contribution in [0.5, 0.6) is 0 Å². The molecule has 5 nitrogen and oxygen atoms in total. The van der Waals surface area contributed by atoms with Crippen molar-refractivity contribution < 1.29 is 13.2 Å². The molecule has 140 valence electrons. The van der Waals surface area contributed by atoms with Gasteiger partial charge in [-0.25, -0.2) is 8.42 Å². The first-order valence-corrected chi connectivity index (χ1v) is 10.8. The maximum atomic E-state index is 12.8. The van der Waals surface area contributed by atoms with Gasteiger partial charge in [-0.3, -0.25) is 4.79 Å². The Kier molecular flexibility index (Phi) is 6.28. The predicted molar refractivity (Wildman–Crippen MR) is 107 cm³/mol. The van der Waals surface area contributed by atoms with E-state index in [-0.39, 0.29) is 10.8 Å². The third kappa shape index (κ3) is 5.17. The topological polar surface area (TPSA) is 75.3 Å². The summed E-state index contributed by atoms with van der Waals surface area (Å²) < 4.78 is 27.9. The van der Waals surface area contributed by atoms with Crippen LogP contribution < -0.4 is 10.0 Å². The molecule has 0 aliphatic rings. The molecule has 0 aliphatic heterocycles. The molecule has 2 N–H and O–H groups in total. The van der Waals surface area contributed by atoms with Gasteiger partial charge < -0.3 is 5.32 Å². The predicted octanol–water partition coefficient (Wildman–Crippen LogP) is 3.74. The number of carbonyl (C=O) groups is 1. The van der Waals surface area contributed by atoms with Crippen LogP contribution in [0.2, 0.25) is 5.02 Å². The Hall–Kier alpha value is -2.19. The van der Waals surface area contributed by atoms with Gasteiger partial charge in [-0.2, -0.15) is 4.72 Å². The second kappa shape index (κ2) is 8.67. The van der Waals surface area contributed by atoms with Gasteiger partial charge in [0.15, 0.2) is 0 Å². The summed E-state index contributed by atoms with van der Waals surface area (Å²) in [5, 5.41) is 5.06. The highest BCUT2D eigenvalue weighted by Gasteiger charge is 2.27. The maximum Gasteiger partial charge on any atom is 0.251 e. The van der Waals surface area contributed by atoms with Crippen molar-refractivity contribution in [2.24, 2.45) is 0 Å². The van der Waals surface area contributed by atoms with Crippen LogP contribution in [0, 0.1) is 0 Å². The molecular weight excluding hydrogens is 404 g/mol. The molecule has 1 aromatic heterocycles. The minimum atomic E-state index is -3.81. The summed E-state index contributed by atoms with van der Waals surface area (Å²) in [5.74, 6) is -0.434. The van der Waals surface area contributed by atoms with Gasteiger partial charge in [0.1, 0.15) is 10.3 Å². The van der Waals surface area contributed by atoms with E-state index >= 15 is 0 Å². The summed E-state index contributed by atoms with van der Waals surface area (Å²) in [4.78, 5) is 12.8. The summed E-state index contributed by atoms with van der Waals surface area (Å²) in [6.07, 6.45) is 0. The fourth-order valence-corrected chi connectivity index (χ4v) is 4.76. The van der Waals surface area contributed by atoms with Crippen LogP contribution in [0.15, 0.2) is 76.3 Å². The van der Waals surface area contributed by atoms with E-state index in [1.54, 1.807) is 66.0 Å². The normalized spacial score (nSPS) is 12.5. The molecule has 3 rings (SSSR count). The number of amides is 1. The second-order valence-electron chi connectivity index (χ2n) is 5.74. The number of rotatable bonds is 7. The van der Waals surface area contributed by atoms with Crippen molar-refractivity contribution in [3.05, 3.63) is 88.3 Å². The molecule has 0 radical (unpaired) electrons. The Bertz CT molecular complexity index is 989. The van der Waals surface area contributed by atoms with Crippen LogP contribution in [-0.2, 0) is 21.4 Å².